The van der Waals surface area contributed by atoms with Crippen LogP contribution in [0.15, 0.2) is 24.3 Å². The van der Waals surface area contributed by atoms with Crippen LogP contribution in [0.1, 0.15) is 43.2 Å². The van der Waals surface area contributed by atoms with Gasteiger partial charge in [0.2, 0.25) is 5.91 Å². The van der Waals surface area contributed by atoms with Crippen molar-refractivity contribution in [3.05, 3.63) is 35.4 Å². The summed E-state index contributed by atoms with van der Waals surface area (Å²) in [6.45, 7) is 3.01. The molecule has 0 aliphatic carbocycles. The second kappa shape index (κ2) is 4.17. The van der Waals surface area contributed by atoms with Crippen LogP contribution in [0.5, 0.6) is 0 Å². The lowest BCUT2D eigenvalue weighted by molar-refractivity contribution is -0.135. The zero-order valence-corrected chi connectivity index (χ0v) is 10.4. The van der Waals surface area contributed by atoms with Crippen LogP contribution in [-0.4, -0.2) is 23.4 Å². The maximum atomic E-state index is 12.5. The van der Waals surface area contributed by atoms with Crippen molar-refractivity contribution in [1.29, 1.82) is 0 Å². The van der Waals surface area contributed by atoms with E-state index < -0.39 is 0 Å². The third-order valence-electron chi connectivity index (χ3n) is 4.26. The molecule has 2 nitrogen and oxygen atoms in total. The van der Waals surface area contributed by atoms with Gasteiger partial charge >= 0.3 is 0 Å². The first-order valence-corrected chi connectivity index (χ1v) is 6.65. The van der Waals surface area contributed by atoms with E-state index in [-0.39, 0.29) is 5.92 Å². The molecule has 1 aromatic carbocycles. The summed E-state index contributed by atoms with van der Waals surface area (Å²) in [6.07, 6.45) is 4.66. The van der Waals surface area contributed by atoms with Crippen LogP contribution >= 0.6 is 0 Å². The SMILES string of the molecule is CC1C(=O)N2CCCCC2Cc2ccccc21. The zero-order valence-electron chi connectivity index (χ0n) is 10.4. The molecule has 90 valence electrons. The summed E-state index contributed by atoms with van der Waals surface area (Å²) in [7, 11) is 0. The van der Waals surface area contributed by atoms with E-state index in [0.717, 1.165) is 13.0 Å². The van der Waals surface area contributed by atoms with E-state index in [9.17, 15) is 4.79 Å². The summed E-state index contributed by atoms with van der Waals surface area (Å²) in [5.41, 5.74) is 2.62. The second-order valence-electron chi connectivity index (χ2n) is 5.31. The number of rotatable bonds is 0. The molecule has 0 N–H and O–H groups in total. The Morgan fingerprint density at radius 2 is 2.06 bits per heavy atom. The van der Waals surface area contributed by atoms with Gasteiger partial charge in [0, 0.05) is 12.6 Å². The Bertz CT molecular complexity index is 440. The first-order valence-electron chi connectivity index (χ1n) is 6.65. The Kier molecular flexibility index (Phi) is 2.65. The molecule has 1 aromatic rings. The Hall–Kier alpha value is -1.31. The summed E-state index contributed by atoms with van der Waals surface area (Å²) >= 11 is 0. The Morgan fingerprint density at radius 3 is 2.94 bits per heavy atom. The molecule has 1 saturated heterocycles. The quantitative estimate of drug-likeness (QED) is 0.670. The van der Waals surface area contributed by atoms with Gasteiger partial charge in [-0.2, -0.15) is 0 Å². The second-order valence-corrected chi connectivity index (χ2v) is 5.31. The highest BCUT2D eigenvalue weighted by Crippen LogP contribution is 2.32. The van der Waals surface area contributed by atoms with Crippen molar-refractivity contribution < 1.29 is 4.79 Å². The molecule has 0 bridgehead atoms. The fourth-order valence-corrected chi connectivity index (χ4v) is 3.28. The van der Waals surface area contributed by atoms with Crippen molar-refractivity contribution in [2.24, 2.45) is 0 Å². The van der Waals surface area contributed by atoms with Crippen molar-refractivity contribution in [3.8, 4) is 0 Å². The molecule has 0 aromatic heterocycles. The molecule has 2 heterocycles. The molecular formula is C15H19NO. The predicted molar refractivity (Wildman–Crippen MR) is 67.9 cm³/mol. The van der Waals surface area contributed by atoms with Gasteiger partial charge in [-0.05, 0) is 43.7 Å². The number of fused-ring (bicyclic) bond motifs is 2. The lowest BCUT2D eigenvalue weighted by atomic mass is 9.93. The van der Waals surface area contributed by atoms with E-state index in [2.05, 4.69) is 30.0 Å². The summed E-state index contributed by atoms with van der Waals surface area (Å²) in [6, 6.07) is 8.90. The maximum absolute atomic E-state index is 12.5. The van der Waals surface area contributed by atoms with Gasteiger partial charge in [-0.1, -0.05) is 24.3 Å². The molecule has 0 radical (unpaired) electrons. The molecule has 1 fully saturated rings. The Balaban J connectivity index is 2.03. The standard InChI is InChI=1S/C15H19NO/c1-11-14-8-3-2-6-12(14)10-13-7-4-5-9-16(13)15(11)17/h2-3,6,8,11,13H,4-5,7,9-10H2,1H3. The monoisotopic (exact) mass is 229 g/mol. The molecule has 1 amide bonds. The number of hydrogen-bond acceptors (Lipinski definition) is 1. The lowest BCUT2D eigenvalue weighted by Crippen LogP contribution is -2.44. The van der Waals surface area contributed by atoms with E-state index in [0.29, 0.717) is 11.9 Å². The lowest BCUT2D eigenvalue weighted by Gasteiger charge is -2.35. The number of carbonyl (C=O) groups is 1. The molecule has 0 saturated carbocycles. The topological polar surface area (TPSA) is 20.3 Å². The number of amides is 1. The van der Waals surface area contributed by atoms with Gasteiger partial charge in [-0.25, -0.2) is 0 Å². The first-order chi connectivity index (χ1) is 8.27. The van der Waals surface area contributed by atoms with Gasteiger partial charge < -0.3 is 4.90 Å². The number of benzene rings is 1. The van der Waals surface area contributed by atoms with Crippen LogP contribution in [0.25, 0.3) is 0 Å². The highest BCUT2D eigenvalue weighted by molar-refractivity contribution is 5.84. The maximum Gasteiger partial charge on any atom is 0.230 e. The molecule has 2 aliphatic rings. The highest BCUT2D eigenvalue weighted by atomic mass is 16.2. The van der Waals surface area contributed by atoms with Crippen molar-refractivity contribution >= 4 is 5.91 Å². The van der Waals surface area contributed by atoms with Gasteiger partial charge in [0.05, 0.1) is 5.92 Å². The highest BCUT2D eigenvalue weighted by Gasteiger charge is 2.34. The van der Waals surface area contributed by atoms with Crippen LogP contribution in [0.4, 0.5) is 0 Å². The fraction of sp³-hybridized carbons (Fsp3) is 0.533. The molecule has 0 spiro atoms. The van der Waals surface area contributed by atoms with E-state index in [1.165, 1.54) is 30.4 Å². The van der Waals surface area contributed by atoms with Crippen LogP contribution < -0.4 is 0 Å². The predicted octanol–water partition coefficient (Wildman–Crippen LogP) is 2.73. The van der Waals surface area contributed by atoms with E-state index in [1.807, 2.05) is 6.07 Å². The van der Waals surface area contributed by atoms with Gasteiger partial charge in [0.1, 0.15) is 0 Å². The molecule has 2 unspecified atom stereocenters. The third-order valence-corrected chi connectivity index (χ3v) is 4.26. The van der Waals surface area contributed by atoms with Crippen molar-refractivity contribution in [2.45, 2.75) is 44.6 Å². The molecule has 2 atom stereocenters. The van der Waals surface area contributed by atoms with Gasteiger partial charge in [-0.3, -0.25) is 4.79 Å². The third kappa shape index (κ3) is 1.76. The zero-order chi connectivity index (χ0) is 11.8. The molecule has 2 aliphatic heterocycles. The van der Waals surface area contributed by atoms with Crippen LogP contribution in [-0.2, 0) is 11.2 Å². The summed E-state index contributed by atoms with van der Waals surface area (Å²) in [4.78, 5) is 14.6. The number of carbonyl (C=O) groups excluding carboxylic acids is 1. The number of piperidine rings is 1. The minimum absolute atomic E-state index is 0.0364. The molecule has 3 rings (SSSR count). The number of hydrogen-bond donors (Lipinski definition) is 0. The normalized spacial score (nSPS) is 28.3. The van der Waals surface area contributed by atoms with Gasteiger partial charge in [-0.15, -0.1) is 0 Å². The minimum Gasteiger partial charge on any atom is -0.339 e. The summed E-state index contributed by atoms with van der Waals surface area (Å²) < 4.78 is 0. The van der Waals surface area contributed by atoms with E-state index in [4.69, 9.17) is 0 Å². The average molecular weight is 229 g/mol. The van der Waals surface area contributed by atoms with Crippen LogP contribution in [0.3, 0.4) is 0 Å². The summed E-state index contributed by atoms with van der Waals surface area (Å²) in [5, 5.41) is 0. The molecular weight excluding hydrogens is 210 g/mol. The first kappa shape index (κ1) is 10.8. The Morgan fingerprint density at radius 1 is 1.24 bits per heavy atom. The molecule has 17 heavy (non-hydrogen) atoms. The Labute approximate surface area is 103 Å². The fourth-order valence-electron chi connectivity index (χ4n) is 3.28. The van der Waals surface area contributed by atoms with E-state index in [1.54, 1.807) is 0 Å². The van der Waals surface area contributed by atoms with Crippen molar-refractivity contribution in [3.63, 3.8) is 0 Å². The van der Waals surface area contributed by atoms with Crippen molar-refractivity contribution in [2.75, 3.05) is 6.54 Å². The summed E-state index contributed by atoms with van der Waals surface area (Å²) in [5.74, 6) is 0.369. The smallest absolute Gasteiger partial charge is 0.230 e. The van der Waals surface area contributed by atoms with Gasteiger partial charge in [0.15, 0.2) is 0 Å². The van der Waals surface area contributed by atoms with Crippen LogP contribution in [0.2, 0.25) is 0 Å². The van der Waals surface area contributed by atoms with Crippen molar-refractivity contribution in [1.82, 2.24) is 4.90 Å². The number of nitrogens with zero attached hydrogens (tertiary/aromatic N) is 1. The van der Waals surface area contributed by atoms with Crippen LogP contribution in [0, 0.1) is 0 Å². The van der Waals surface area contributed by atoms with Gasteiger partial charge in [0.25, 0.3) is 0 Å². The largest absolute Gasteiger partial charge is 0.339 e. The minimum atomic E-state index is 0.0364. The van der Waals surface area contributed by atoms with E-state index >= 15 is 0 Å². The average Bonchev–Trinajstić information content (AvgIpc) is 2.48. The molecule has 2 heteroatoms.